The highest BCUT2D eigenvalue weighted by Gasteiger charge is 2.39. The first kappa shape index (κ1) is 23.6. The van der Waals surface area contributed by atoms with Crippen LogP contribution in [0.15, 0.2) is 30.9 Å². The predicted octanol–water partition coefficient (Wildman–Crippen LogP) is 0.694. The monoisotopic (exact) mass is 494 g/mol. The fraction of sp³-hybridized carbons (Fsp3) is 0.409. The van der Waals surface area contributed by atoms with Crippen LogP contribution in [0.2, 0.25) is 0 Å². The third-order valence-corrected chi connectivity index (χ3v) is 5.78. The Morgan fingerprint density at radius 1 is 1.31 bits per heavy atom. The maximum Gasteiger partial charge on any atom is 0.256 e. The number of methoxy groups -OCH3 is 1. The third-order valence-electron chi connectivity index (χ3n) is 5.78. The maximum absolute atomic E-state index is 12.1. The number of pyridine rings is 1. The molecule has 4 aromatic rings. The molecule has 188 valence electrons. The summed E-state index contributed by atoms with van der Waals surface area (Å²) >= 11 is 0. The Morgan fingerprint density at radius 3 is 2.94 bits per heavy atom. The Hall–Kier alpha value is -4.17. The molecule has 14 nitrogen and oxygen atoms in total. The zero-order valence-electron chi connectivity index (χ0n) is 20.0. The highest BCUT2D eigenvalue weighted by Crippen LogP contribution is 2.32. The minimum Gasteiger partial charge on any atom is -0.497 e. The van der Waals surface area contributed by atoms with E-state index in [1.807, 2.05) is 6.92 Å². The van der Waals surface area contributed by atoms with E-state index in [-0.39, 0.29) is 18.3 Å². The van der Waals surface area contributed by atoms with Crippen LogP contribution >= 0.6 is 0 Å². The minimum absolute atomic E-state index is 0.156. The highest BCUT2D eigenvalue weighted by atomic mass is 16.5. The van der Waals surface area contributed by atoms with Crippen molar-refractivity contribution in [2.45, 2.75) is 38.2 Å². The van der Waals surface area contributed by atoms with Gasteiger partial charge in [0.25, 0.3) is 5.95 Å². The molecule has 36 heavy (non-hydrogen) atoms. The number of carbonyl (C=O) groups excluding carboxylic acids is 1. The van der Waals surface area contributed by atoms with Gasteiger partial charge in [-0.3, -0.25) is 14.3 Å². The van der Waals surface area contributed by atoms with Gasteiger partial charge in [-0.2, -0.15) is 14.6 Å². The Morgan fingerprint density at radius 2 is 2.17 bits per heavy atom. The molecule has 1 amide bonds. The molecule has 1 unspecified atom stereocenters. The third kappa shape index (κ3) is 4.31. The van der Waals surface area contributed by atoms with Gasteiger partial charge in [0.05, 0.1) is 25.3 Å². The largest absolute Gasteiger partial charge is 0.497 e. The molecule has 14 heteroatoms. The van der Waals surface area contributed by atoms with Crippen LogP contribution < -0.4 is 15.4 Å². The van der Waals surface area contributed by atoms with Gasteiger partial charge in [0.15, 0.2) is 23.2 Å². The van der Waals surface area contributed by atoms with Crippen molar-refractivity contribution >= 4 is 22.9 Å². The van der Waals surface area contributed by atoms with Gasteiger partial charge < -0.3 is 25.2 Å². The van der Waals surface area contributed by atoms with E-state index in [2.05, 4.69) is 40.9 Å². The fourth-order valence-corrected chi connectivity index (χ4v) is 3.95. The molecule has 0 saturated carbocycles. The lowest BCUT2D eigenvalue weighted by molar-refractivity contribution is -0.134. The van der Waals surface area contributed by atoms with Gasteiger partial charge in [0.1, 0.15) is 23.7 Å². The molecular formula is C22H26N10O4. The number of hydrogen-bond acceptors (Lipinski definition) is 11. The number of nitrogens with one attached hydrogen (secondary N) is 2. The van der Waals surface area contributed by atoms with Crippen LogP contribution in [0.3, 0.4) is 0 Å². The highest BCUT2D eigenvalue weighted by molar-refractivity contribution is 5.84. The van der Waals surface area contributed by atoms with Crippen LogP contribution in [0.25, 0.3) is 28.5 Å². The molecule has 1 aliphatic heterocycles. The van der Waals surface area contributed by atoms with Gasteiger partial charge in [0.2, 0.25) is 5.91 Å². The number of carbonyl (C=O) groups is 1. The number of amides is 1. The predicted molar refractivity (Wildman–Crippen MR) is 127 cm³/mol. The minimum atomic E-state index is -0.924. The van der Waals surface area contributed by atoms with Gasteiger partial charge in [-0.15, -0.1) is 5.10 Å². The number of nitrogens with zero attached hydrogens (tertiary/aromatic N) is 8. The fourth-order valence-electron chi connectivity index (χ4n) is 3.95. The Bertz CT molecular complexity index is 1390. The molecule has 5 rings (SSSR count). The van der Waals surface area contributed by atoms with E-state index in [1.165, 1.54) is 18.1 Å². The first-order valence-corrected chi connectivity index (χ1v) is 11.5. The zero-order chi connectivity index (χ0) is 25.2. The number of anilines is 1. The van der Waals surface area contributed by atoms with Crippen molar-refractivity contribution in [3.63, 3.8) is 0 Å². The summed E-state index contributed by atoms with van der Waals surface area (Å²) in [6.07, 6.45) is 3.29. The number of fused-ring (bicyclic) bond motifs is 1. The van der Waals surface area contributed by atoms with Crippen molar-refractivity contribution in [2.75, 3.05) is 26.0 Å². The molecule has 1 saturated heterocycles. The molecule has 0 bridgehead atoms. The van der Waals surface area contributed by atoms with Crippen molar-refractivity contribution in [1.82, 2.24) is 44.8 Å². The molecule has 0 aliphatic carbocycles. The topological polar surface area (TPSA) is 167 Å². The molecule has 0 spiro atoms. The molecular weight excluding hydrogens is 468 g/mol. The molecule has 1 fully saturated rings. The Balaban J connectivity index is 1.55. The van der Waals surface area contributed by atoms with Crippen LogP contribution in [0.5, 0.6) is 5.75 Å². The molecule has 5 heterocycles. The second-order valence-corrected chi connectivity index (χ2v) is 8.18. The van der Waals surface area contributed by atoms with Crippen LogP contribution in [-0.4, -0.2) is 83.4 Å². The van der Waals surface area contributed by atoms with Gasteiger partial charge in [-0.25, -0.2) is 4.98 Å². The van der Waals surface area contributed by atoms with Gasteiger partial charge >= 0.3 is 0 Å². The quantitative estimate of drug-likeness (QED) is 0.315. The number of aliphatic hydroxyl groups excluding tert-OH is 1. The van der Waals surface area contributed by atoms with Crippen molar-refractivity contribution < 1.29 is 19.4 Å². The number of likely N-dealkylation sites (N-methyl/N-ethyl adjacent to an activating group) is 1. The van der Waals surface area contributed by atoms with Crippen molar-refractivity contribution in [3.8, 4) is 23.1 Å². The normalized spacial score (nSPS) is 19.5. The van der Waals surface area contributed by atoms with Crippen LogP contribution in [0.4, 0.5) is 5.82 Å². The lowest BCUT2D eigenvalue weighted by Gasteiger charge is -2.17. The molecule has 3 N–H and O–H groups in total. The summed E-state index contributed by atoms with van der Waals surface area (Å²) in [6, 6.07) is 3.50. The van der Waals surface area contributed by atoms with Crippen molar-refractivity contribution in [1.29, 1.82) is 0 Å². The molecule has 0 radical (unpaired) electrons. The van der Waals surface area contributed by atoms with Gasteiger partial charge in [-0.1, -0.05) is 12.1 Å². The molecule has 0 aromatic carbocycles. The Kier molecular flexibility index (Phi) is 6.43. The van der Waals surface area contributed by atoms with E-state index in [0.29, 0.717) is 40.7 Å². The number of hydrogen-bond donors (Lipinski definition) is 3. The summed E-state index contributed by atoms with van der Waals surface area (Å²) in [7, 11) is 3.10. The van der Waals surface area contributed by atoms with E-state index >= 15 is 0 Å². The van der Waals surface area contributed by atoms with Gasteiger partial charge in [-0.05, 0) is 12.5 Å². The summed E-state index contributed by atoms with van der Waals surface area (Å²) in [5.74, 6) is 1.08. The van der Waals surface area contributed by atoms with Crippen LogP contribution in [-0.2, 0) is 9.53 Å². The molecule has 1 aliphatic rings. The SMILES string of the molecule is CCCNc1nc(-n2cc(-c3cc(OC)ccn3)nn2)nc2c1ncn2C1O[C@H](C(=O)NC)C[C@H]1O. The van der Waals surface area contributed by atoms with E-state index in [1.54, 1.807) is 36.2 Å². The number of aliphatic hydroxyl groups is 1. The second-order valence-electron chi connectivity index (χ2n) is 8.18. The summed E-state index contributed by atoms with van der Waals surface area (Å²) in [5.41, 5.74) is 2.01. The standard InChI is InChI=1S/C22H26N10O4/c1-4-6-25-18-17-19(31(11-26-17)21-15(33)9-16(36-21)20(34)23-2)28-22(27-18)32-10-14(29-30-32)13-8-12(35-3)5-7-24-13/h5,7-8,10-11,15-16,21,33H,4,6,9H2,1-3H3,(H,23,34)(H,25,27,28)/t15-,16+,21?/m1/s1. The Labute approximate surface area is 205 Å². The van der Waals surface area contributed by atoms with Crippen LogP contribution in [0, 0.1) is 0 Å². The van der Waals surface area contributed by atoms with E-state index in [0.717, 1.165) is 6.42 Å². The number of aromatic nitrogens is 8. The molecule has 3 atom stereocenters. The first-order valence-electron chi connectivity index (χ1n) is 11.5. The number of imidazole rings is 1. The number of ether oxygens (including phenoxy) is 2. The first-order chi connectivity index (χ1) is 17.5. The maximum atomic E-state index is 12.1. The second kappa shape index (κ2) is 9.83. The lowest BCUT2D eigenvalue weighted by atomic mass is 10.2. The van der Waals surface area contributed by atoms with Crippen LogP contribution in [0.1, 0.15) is 26.0 Å². The van der Waals surface area contributed by atoms with E-state index in [9.17, 15) is 9.90 Å². The van der Waals surface area contributed by atoms with Crippen molar-refractivity contribution in [3.05, 3.63) is 30.9 Å². The number of rotatable bonds is 8. The zero-order valence-corrected chi connectivity index (χ0v) is 20.0. The van der Waals surface area contributed by atoms with E-state index < -0.39 is 18.4 Å². The average molecular weight is 495 g/mol. The summed E-state index contributed by atoms with van der Waals surface area (Å²) in [6.45, 7) is 2.70. The lowest BCUT2D eigenvalue weighted by Crippen LogP contribution is -2.31. The summed E-state index contributed by atoms with van der Waals surface area (Å²) in [5, 5.41) is 24.9. The smallest absolute Gasteiger partial charge is 0.256 e. The van der Waals surface area contributed by atoms with Crippen molar-refractivity contribution in [2.24, 2.45) is 0 Å². The summed E-state index contributed by atoms with van der Waals surface area (Å²) in [4.78, 5) is 30.1. The van der Waals surface area contributed by atoms with Gasteiger partial charge in [0, 0.05) is 32.3 Å². The summed E-state index contributed by atoms with van der Waals surface area (Å²) < 4.78 is 14.2. The van der Waals surface area contributed by atoms with E-state index in [4.69, 9.17) is 9.47 Å². The average Bonchev–Trinajstić information content (AvgIpc) is 3.65. The molecule has 4 aromatic heterocycles.